The number of para-hydroxylation sites is 1. The van der Waals surface area contributed by atoms with Crippen molar-refractivity contribution >= 4 is 11.3 Å². The molecular formula is C13H15NOS. The molecule has 0 aliphatic heterocycles. The van der Waals surface area contributed by atoms with Crippen LogP contribution >= 0.6 is 11.3 Å². The van der Waals surface area contributed by atoms with Crippen LogP contribution in [0, 0.1) is 0 Å². The number of methoxy groups -OCH3 is 1. The molecule has 0 bridgehead atoms. The van der Waals surface area contributed by atoms with Crippen molar-refractivity contribution in [1.29, 1.82) is 0 Å². The van der Waals surface area contributed by atoms with Gasteiger partial charge in [-0.2, -0.15) is 11.3 Å². The Labute approximate surface area is 99.7 Å². The van der Waals surface area contributed by atoms with Crippen LogP contribution in [-0.4, -0.2) is 7.11 Å². The summed E-state index contributed by atoms with van der Waals surface area (Å²) in [5.74, 6) is 0.910. The maximum atomic E-state index is 6.15. The third-order valence-electron chi connectivity index (χ3n) is 2.60. The third-order valence-corrected chi connectivity index (χ3v) is 3.31. The molecule has 1 aromatic heterocycles. The van der Waals surface area contributed by atoms with Crippen LogP contribution in [0.2, 0.25) is 0 Å². The Morgan fingerprint density at radius 2 is 2.12 bits per heavy atom. The summed E-state index contributed by atoms with van der Waals surface area (Å²) in [6.07, 6.45) is 0.806. The lowest BCUT2D eigenvalue weighted by Crippen LogP contribution is -2.12. The number of benzene rings is 1. The first-order valence-corrected chi connectivity index (χ1v) is 6.15. The molecule has 0 aliphatic carbocycles. The summed E-state index contributed by atoms with van der Waals surface area (Å²) in [5.41, 5.74) is 8.49. The van der Waals surface area contributed by atoms with E-state index in [4.69, 9.17) is 10.5 Å². The summed E-state index contributed by atoms with van der Waals surface area (Å²) in [5, 5.41) is 4.15. The van der Waals surface area contributed by atoms with Gasteiger partial charge in [0.2, 0.25) is 0 Å². The van der Waals surface area contributed by atoms with Gasteiger partial charge in [0.1, 0.15) is 5.75 Å². The highest BCUT2D eigenvalue weighted by atomic mass is 32.1. The van der Waals surface area contributed by atoms with E-state index < -0.39 is 0 Å². The molecule has 0 amide bonds. The monoisotopic (exact) mass is 233 g/mol. The Bertz CT molecular complexity index is 439. The minimum Gasteiger partial charge on any atom is -0.496 e. The molecule has 0 saturated heterocycles. The number of rotatable bonds is 4. The first-order chi connectivity index (χ1) is 7.81. The highest BCUT2D eigenvalue weighted by Crippen LogP contribution is 2.24. The van der Waals surface area contributed by atoms with E-state index in [1.165, 1.54) is 5.56 Å². The molecule has 0 saturated carbocycles. The number of ether oxygens (including phenoxy) is 1. The van der Waals surface area contributed by atoms with Crippen LogP contribution < -0.4 is 10.5 Å². The Hall–Kier alpha value is -1.32. The SMILES string of the molecule is COc1ccccc1CC(N)c1ccsc1. The van der Waals surface area contributed by atoms with Crippen molar-refractivity contribution in [3.8, 4) is 5.75 Å². The van der Waals surface area contributed by atoms with E-state index >= 15 is 0 Å². The van der Waals surface area contributed by atoms with Gasteiger partial charge in [-0.05, 0) is 40.4 Å². The molecule has 0 fully saturated rings. The fourth-order valence-electron chi connectivity index (χ4n) is 1.71. The lowest BCUT2D eigenvalue weighted by atomic mass is 10.0. The molecule has 1 unspecified atom stereocenters. The van der Waals surface area contributed by atoms with E-state index in [0.717, 1.165) is 17.7 Å². The average molecular weight is 233 g/mol. The minimum atomic E-state index is 0.0440. The Kier molecular flexibility index (Phi) is 3.59. The average Bonchev–Trinajstić information content (AvgIpc) is 2.83. The molecule has 2 aromatic rings. The minimum absolute atomic E-state index is 0.0440. The summed E-state index contributed by atoms with van der Waals surface area (Å²) < 4.78 is 5.31. The van der Waals surface area contributed by atoms with Gasteiger partial charge in [-0.3, -0.25) is 0 Å². The molecule has 16 heavy (non-hydrogen) atoms. The molecule has 0 radical (unpaired) electrons. The molecular weight excluding hydrogens is 218 g/mol. The summed E-state index contributed by atoms with van der Waals surface area (Å²) in [6, 6.07) is 10.1. The van der Waals surface area contributed by atoms with Crippen LogP contribution in [0.25, 0.3) is 0 Å². The van der Waals surface area contributed by atoms with Gasteiger partial charge in [0.05, 0.1) is 7.11 Å². The molecule has 84 valence electrons. The predicted molar refractivity (Wildman–Crippen MR) is 67.9 cm³/mol. The molecule has 2 nitrogen and oxygen atoms in total. The van der Waals surface area contributed by atoms with E-state index in [9.17, 15) is 0 Å². The van der Waals surface area contributed by atoms with Crippen LogP contribution in [-0.2, 0) is 6.42 Å². The lowest BCUT2D eigenvalue weighted by molar-refractivity contribution is 0.408. The van der Waals surface area contributed by atoms with Crippen molar-refractivity contribution < 1.29 is 4.74 Å². The smallest absolute Gasteiger partial charge is 0.122 e. The van der Waals surface area contributed by atoms with Gasteiger partial charge in [-0.15, -0.1) is 0 Å². The fraction of sp³-hybridized carbons (Fsp3) is 0.231. The number of thiophene rings is 1. The van der Waals surface area contributed by atoms with Crippen molar-refractivity contribution in [3.05, 3.63) is 52.2 Å². The van der Waals surface area contributed by atoms with Crippen molar-refractivity contribution in [2.45, 2.75) is 12.5 Å². The topological polar surface area (TPSA) is 35.2 Å². The van der Waals surface area contributed by atoms with E-state index in [1.807, 2.05) is 18.2 Å². The molecule has 1 heterocycles. The largest absolute Gasteiger partial charge is 0.496 e. The van der Waals surface area contributed by atoms with Crippen LogP contribution in [0.4, 0.5) is 0 Å². The summed E-state index contributed by atoms with van der Waals surface area (Å²) >= 11 is 1.68. The maximum Gasteiger partial charge on any atom is 0.122 e. The van der Waals surface area contributed by atoms with Gasteiger partial charge in [0, 0.05) is 6.04 Å². The number of hydrogen-bond donors (Lipinski definition) is 1. The van der Waals surface area contributed by atoms with Crippen molar-refractivity contribution in [1.82, 2.24) is 0 Å². The second kappa shape index (κ2) is 5.14. The van der Waals surface area contributed by atoms with Gasteiger partial charge in [0.25, 0.3) is 0 Å². The number of hydrogen-bond acceptors (Lipinski definition) is 3. The fourth-order valence-corrected chi connectivity index (χ4v) is 2.44. The van der Waals surface area contributed by atoms with Crippen molar-refractivity contribution in [2.75, 3.05) is 7.11 Å². The highest BCUT2D eigenvalue weighted by molar-refractivity contribution is 7.07. The normalized spacial score (nSPS) is 12.4. The Balaban J connectivity index is 2.14. The Morgan fingerprint density at radius 3 is 2.81 bits per heavy atom. The highest BCUT2D eigenvalue weighted by Gasteiger charge is 2.10. The second-order valence-corrected chi connectivity index (χ2v) is 4.46. The van der Waals surface area contributed by atoms with E-state index in [0.29, 0.717) is 0 Å². The van der Waals surface area contributed by atoms with Crippen LogP contribution in [0.5, 0.6) is 5.75 Å². The molecule has 0 spiro atoms. The molecule has 1 aromatic carbocycles. The molecule has 2 rings (SSSR count). The zero-order valence-corrected chi connectivity index (χ0v) is 10.0. The van der Waals surface area contributed by atoms with Crippen LogP contribution in [0.15, 0.2) is 41.1 Å². The van der Waals surface area contributed by atoms with Gasteiger partial charge >= 0.3 is 0 Å². The van der Waals surface area contributed by atoms with Crippen LogP contribution in [0.3, 0.4) is 0 Å². The molecule has 2 N–H and O–H groups in total. The maximum absolute atomic E-state index is 6.15. The van der Waals surface area contributed by atoms with E-state index in [1.54, 1.807) is 18.4 Å². The third kappa shape index (κ3) is 2.43. The van der Waals surface area contributed by atoms with Crippen molar-refractivity contribution in [2.24, 2.45) is 5.73 Å². The quantitative estimate of drug-likeness (QED) is 0.881. The lowest BCUT2D eigenvalue weighted by Gasteiger charge is -2.13. The zero-order valence-electron chi connectivity index (χ0n) is 9.22. The van der Waals surface area contributed by atoms with Gasteiger partial charge in [-0.1, -0.05) is 18.2 Å². The molecule has 1 atom stereocenters. The second-order valence-electron chi connectivity index (χ2n) is 3.68. The van der Waals surface area contributed by atoms with E-state index in [2.05, 4.69) is 22.9 Å². The molecule has 0 aliphatic rings. The Morgan fingerprint density at radius 1 is 1.31 bits per heavy atom. The summed E-state index contributed by atoms with van der Waals surface area (Å²) in [4.78, 5) is 0. The zero-order chi connectivity index (χ0) is 11.4. The number of nitrogens with two attached hydrogens (primary N) is 1. The van der Waals surface area contributed by atoms with Gasteiger partial charge in [0.15, 0.2) is 0 Å². The standard InChI is InChI=1S/C13H15NOS/c1-15-13-5-3-2-4-10(13)8-12(14)11-6-7-16-9-11/h2-7,9,12H,8,14H2,1H3. The van der Waals surface area contributed by atoms with Gasteiger partial charge in [-0.25, -0.2) is 0 Å². The summed E-state index contributed by atoms with van der Waals surface area (Å²) in [7, 11) is 1.69. The predicted octanol–water partition coefficient (Wildman–Crippen LogP) is 3.00. The first kappa shape index (κ1) is 11.2. The van der Waals surface area contributed by atoms with Crippen molar-refractivity contribution in [3.63, 3.8) is 0 Å². The van der Waals surface area contributed by atoms with Crippen LogP contribution in [0.1, 0.15) is 17.2 Å². The first-order valence-electron chi connectivity index (χ1n) is 5.21. The summed E-state index contributed by atoms with van der Waals surface area (Å²) in [6.45, 7) is 0. The molecule has 3 heteroatoms. The van der Waals surface area contributed by atoms with E-state index in [-0.39, 0.29) is 6.04 Å². The van der Waals surface area contributed by atoms with Gasteiger partial charge < -0.3 is 10.5 Å².